The van der Waals surface area contributed by atoms with Crippen LogP contribution in [0.5, 0.6) is 0 Å². The molecule has 35 heavy (non-hydrogen) atoms. The van der Waals surface area contributed by atoms with Gasteiger partial charge in [0.1, 0.15) is 6.04 Å². The maximum atomic E-state index is 13.9. The molecule has 0 aliphatic carbocycles. The minimum Gasteiger partial charge on any atom is -0.343 e. The molecule has 6 nitrogen and oxygen atoms in total. The molecule has 3 aliphatic heterocycles. The summed E-state index contributed by atoms with van der Waals surface area (Å²) in [4.78, 5) is 30.9. The van der Waals surface area contributed by atoms with Gasteiger partial charge in [-0.15, -0.1) is 0 Å². The van der Waals surface area contributed by atoms with Crippen LogP contribution in [0.15, 0.2) is 60.7 Å². The van der Waals surface area contributed by atoms with Crippen LogP contribution in [0.3, 0.4) is 0 Å². The van der Waals surface area contributed by atoms with Crippen molar-refractivity contribution >= 4 is 11.8 Å². The van der Waals surface area contributed by atoms with Gasteiger partial charge in [-0.3, -0.25) is 9.59 Å². The molecule has 0 saturated carbocycles. The molecule has 6 atom stereocenters. The van der Waals surface area contributed by atoms with E-state index >= 15 is 0 Å². The molecule has 3 N–H and O–H groups in total. The van der Waals surface area contributed by atoms with E-state index in [0.29, 0.717) is 18.3 Å². The van der Waals surface area contributed by atoms with Crippen LogP contribution in [0.25, 0.3) is 0 Å². The first-order valence-electron chi connectivity index (χ1n) is 13.2. The Morgan fingerprint density at radius 2 is 1.71 bits per heavy atom. The van der Waals surface area contributed by atoms with Crippen LogP contribution >= 0.6 is 0 Å². The van der Waals surface area contributed by atoms with Crippen LogP contribution in [0.1, 0.15) is 62.0 Å². The highest BCUT2D eigenvalue weighted by molar-refractivity contribution is 5.90. The Morgan fingerprint density at radius 3 is 2.40 bits per heavy atom. The molecule has 2 unspecified atom stereocenters. The third-order valence-corrected chi connectivity index (χ3v) is 8.26. The Bertz CT molecular complexity index is 1010. The zero-order chi connectivity index (χ0) is 24.4. The molecule has 186 valence electrons. The first-order chi connectivity index (χ1) is 17.0. The molecule has 5 rings (SSSR count). The van der Waals surface area contributed by atoms with Gasteiger partial charge < -0.3 is 20.9 Å². The van der Waals surface area contributed by atoms with Crippen LogP contribution in [0.4, 0.5) is 0 Å². The van der Waals surface area contributed by atoms with E-state index in [4.69, 9.17) is 5.73 Å². The molecule has 0 aromatic heterocycles. The van der Waals surface area contributed by atoms with Crippen LogP contribution in [-0.4, -0.2) is 65.4 Å². The summed E-state index contributed by atoms with van der Waals surface area (Å²) in [5.41, 5.74) is 8.52. The van der Waals surface area contributed by atoms with Crippen LogP contribution < -0.4 is 11.1 Å². The molecule has 0 spiro atoms. The number of amides is 2. The van der Waals surface area contributed by atoms with Crippen LogP contribution in [0.2, 0.25) is 0 Å². The average molecular weight is 475 g/mol. The molecule has 0 bridgehead atoms. The highest BCUT2D eigenvalue weighted by Crippen LogP contribution is 2.42. The zero-order valence-electron chi connectivity index (χ0n) is 20.7. The van der Waals surface area contributed by atoms with Gasteiger partial charge in [-0.1, -0.05) is 60.7 Å². The Morgan fingerprint density at radius 1 is 1.03 bits per heavy atom. The summed E-state index contributed by atoms with van der Waals surface area (Å²) in [5, 5.41) is 2.95. The molecule has 2 aromatic rings. The summed E-state index contributed by atoms with van der Waals surface area (Å²) in [7, 11) is 0. The van der Waals surface area contributed by atoms with E-state index in [0.717, 1.165) is 45.3 Å². The van der Waals surface area contributed by atoms with Crippen molar-refractivity contribution in [2.24, 2.45) is 5.73 Å². The number of carbonyl (C=O) groups excluding carboxylic acids is 2. The predicted molar refractivity (Wildman–Crippen MR) is 138 cm³/mol. The fourth-order valence-electron chi connectivity index (χ4n) is 6.50. The highest BCUT2D eigenvalue weighted by Gasteiger charge is 2.48. The first kappa shape index (κ1) is 24.0. The van der Waals surface area contributed by atoms with Crippen molar-refractivity contribution in [1.82, 2.24) is 15.1 Å². The SMILES string of the molecule is C[C@H](N)C(=O)N[C@H]1CCCC2[C@@H](c3ccccc3)C[C@@H](CN3CCC(c4ccccc4)C3)N2C1=O. The fourth-order valence-corrected chi connectivity index (χ4v) is 6.50. The predicted octanol–water partition coefficient (Wildman–Crippen LogP) is 3.25. The summed E-state index contributed by atoms with van der Waals surface area (Å²) in [6.07, 6.45) is 4.70. The van der Waals surface area contributed by atoms with E-state index in [1.807, 2.05) is 0 Å². The van der Waals surface area contributed by atoms with Crippen molar-refractivity contribution in [3.05, 3.63) is 71.8 Å². The van der Waals surface area contributed by atoms with Gasteiger partial charge in [0.25, 0.3) is 0 Å². The highest BCUT2D eigenvalue weighted by atomic mass is 16.2. The molecule has 2 aromatic carbocycles. The number of carbonyl (C=O) groups is 2. The second-order valence-electron chi connectivity index (χ2n) is 10.7. The van der Waals surface area contributed by atoms with Gasteiger partial charge in [0.05, 0.1) is 6.04 Å². The number of hydrogen-bond donors (Lipinski definition) is 2. The topological polar surface area (TPSA) is 78.7 Å². The molecule has 3 heterocycles. The van der Waals surface area contributed by atoms with Crippen molar-refractivity contribution in [2.75, 3.05) is 19.6 Å². The first-order valence-corrected chi connectivity index (χ1v) is 13.2. The summed E-state index contributed by atoms with van der Waals surface area (Å²) in [6, 6.07) is 20.7. The third-order valence-electron chi connectivity index (χ3n) is 8.26. The largest absolute Gasteiger partial charge is 0.343 e. The molecule has 3 saturated heterocycles. The molecule has 3 fully saturated rings. The molecule has 3 aliphatic rings. The molecule has 0 radical (unpaired) electrons. The lowest BCUT2D eigenvalue weighted by atomic mass is 9.88. The second-order valence-corrected chi connectivity index (χ2v) is 10.7. The minimum atomic E-state index is -0.618. The third kappa shape index (κ3) is 5.14. The number of benzene rings is 2. The van der Waals surface area contributed by atoms with Gasteiger partial charge in [0.15, 0.2) is 0 Å². The van der Waals surface area contributed by atoms with E-state index in [2.05, 4.69) is 75.8 Å². The number of nitrogens with one attached hydrogen (secondary N) is 1. The van der Waals surface area contributed by atoms with Gasteiger partial charge in [0.2, 0.25) is 11.8 Å². The quantitative estimate of drug-likeness (QED) is 0.674. The van der Waals surface area contributed by atoms with Gasteiger partial charge in [0, 0.05) is 31.1 Å². The van der Waals surface area contributed by atoms with E-state index in [1.165, 1.54) is 11.1 Å². The van der Waals surface area contributed by atoms with Gasteiger partial charge in [-0.05, 0) is 62.6 Å². The Kier molecular flexibility index (Phi) is 7.21. The molecule has 6 heteroatoms. The van der Waals surface area contributed by atoms with Crippen molar-refractivity contribution in [3.8, 4) is 0 Å². The monoisotopic (exact) mass is 474 g/mol. The number of rotatable bonds is 6. The number of nitrogens with zero attached hydrogens (tertiary/aromatic N) is 2. The van der Waals surface area contributed by atoms with Crippen molar-refractivity contribution in [2.45, 2.75) is 75.0 Å². The normalized spacial score (nSPS) is 30.1. The summed E-state index contributed by atoms with van der Waals surface area (Å²) < 4.78 is 0. The van der Waals surface area contributed by atoms with Crippen molar-refractivity contribution in [3.63, 3.8) is 0 Å². The fraction of sp³-hybridized carbons (Fsp3) is 0.517. The lowest BCUT2D eigenvalue weighted by molar-refractivity contribution is -0.138. The number of fused-ring (bicyclic) bond motifs is 1. The lowest BCUT2D eigenvalue weighted by Gasteiger charge is -2.34. The maximum absolute atomic E-state index is 13.9. The standard InChI is InChI=1S/C29H38N4O2/c1-20(30)28(34)31-26-13-8-14-27-25(22-11-6-3-7-12-22)17-24(33(27)29(26)35)19-32-16-15-23(18-32)21-9-4-2-5-10-21/h2-7,9-12,20,23-27H,8,13-19,30H2,1H3,(H,31,34)/t20-,23?,24-,25+,26-,27?/m0/s1. The van der Waals surface area contributed by atoms with E-state index in [-0.39, 0.29) is 23.9 Å². The Balaban J connectivity index is 1.36. The van der Waals surface area contributed by atoms with Gasteiger partial charge in [-0.25, -0.2) is 0 Å². The maximum Gasteiger partial charge on any atom is 0.245 e. The summed E-state index contributed by atoms with van der Waals surface area (Å²) in [5.74, 6) is 0.711. The summed E-state index contributed by atoms with van der Waals surface area (Å²) in [6.45, 7) is 4.65. The van der Waals surface area contributed by atoms with E-state index in [9.17, 15) is 9.59 Å². The summed E-state index contributed by atoms with van der Waals surface area (Å²) >= 11 is 0. The minimum absolute atomic E-state index is 0.0729. The second kappa shape index (κ2) is 10.5. The number of nitrogens with two attached hydrogens (primary N) is 1. The van der Waals surface area contributed by atoms with Crippen molar-refractivity contribution < 1.29 is 9.59 Å². The van der Waals surface area contributed by atoms with Crippen LogP contribution in [0, 0.1) is 0 Å². The van der Waals surface area contributed by atoms with E-state index < -0.39 is 12.1 Å². The molecular formula is C29H38N4O2. The van der Waals surface area contributed by atoms with Gasteiger partial charge >= 0.3 is 0 Å². The lowest BCUT2D eigenvalue weighted by Crippen LogP contribution is -2.55. The Labute approximate surface area is 208 Å². The number of hydrogen-bond acceptors (Lipinski definition) is 4. The molecule has 2 amide bonds. The molecular weight excluding hydrogens is 436 g/mol. The van der Waals surface area contributed by atoms with Crippen LogP contribution in [-0.2, 0) is 9.59 Å². The average Bonchev–Trinajstić information content (AvgIpc) is 3.45. The van der Waals surface area contributed by atoms with E-state index in [1.54, 1.807) is 6.92 Å². The van der Waals surface area contributed by atoms with Crippen molar-refractivity contribution in [1.29, 1.82) is 0 Å². The van der Waals surface area contributed by atoms with Gasteiger partial charge in [-0.2, -0.15) is 0 Å². The zero-order valence-corrected chi connectivity index (χ0v) is 20.7. The number of likely N-dealkylation sites (tertiary alicyclic amines) is 1. The Hall–Kier alpha value is -2.70. The smallest absolute Gasteiger partial charge is 0.245 e.